The topological polar surface area (TPSA) is 110 Å². The minimum absolute atomic E-state index is 0.103. The highest BCUT2D eigenvalue weighted by atomic mass is 16.5. The third-order valence-corrected chi connectivity index (χ3v) is 1.27. The van der Waals surface area contributed by atoms with Crippen molar-refractivity contribution in [3.8, 4) is 0 Å². The predicted molar refractivity (Wildman–Crippen MR) is 38.6 cm³/mol. The van der Waals surface area contributed by atoms with E-state index in [1.165, 1.54) is 12.5 Å². The number of aromatic nitrogens is 5. The number of H-pyrrole nitrogens is 1. The smallest absolute Gasteiger partial charge is 0.270 e. The van der Waals surface area contributed by atoms with Gasteiger partial charge in [0.25, 0.3) is 11.9 Å². The second-order valence-corrected chi connectivity index (χ2v) is 2.10. The van der Waals surface area contributed by atoms with Crippen LogP contribution in [0, 0.1) is 0 Å². The molecule has 0 fully saturated rings. The summed E-state index contributed by atoms with van der Waals surface area (Å²) >= 11 is 0. The molecule has 0 aliphatic rings. The van der Waals surface area contributed by atoms with Gasteiger partial charge in [0.15, 0.2) is 0 Å². The van der Waals surface area contributed by atoms with E-state index in [1.54, 1.807) is 0 Å². The van der Waals surface area contributed by atoms with Crippen molar-refractivity contribution < 1.29 is 9.32 Å². The largest absolute Gasteiger partial charge is 0.364 e. The van der Waals surface area contributed by atoms with E-state index in [0.29, 0.717) is 5.56 Å². The SMILES string of the molecule is O=C(Nc1nn[nH]n1)c1cnoc1. The lowest BCUT2D eigenvalue weighted by molar-refractivity contribution is 0.102. The van der Waals surface area contributed by atoms with Crippen LogP contribution in [-0.2, 0) is 0 Å². The average Bonchev–Trinajstić information content (AvgIpc) is 2.74. The first-order valence-corrected chi connectivity index (χ1v) is 3.30. The van der Waals surface area contributed by atoms with Crippen molar-refractivity contribution in [2.24, 2.45) is 0 Å². The van der Waals surface area contributed by atoms with Crippen molar-refractivity contribution in [1.29, 1.82) is 0 Å². The summed E-state index contributed by atoms with van der Waals surface area (Å²) in [7, 11) is 0. The van der Waals surface area contributed by atoms with Gasteiger partial charge in [-0.1, -0.05) is 10.3 Å². The number of amides is 1. The number of nitrogens with one attached hydrogen (secondary N) is 2. The fourth-order valence-corrected chi connectivity index (χ4v) is 0.705. The van der Waals surface area contributed by atoms with Gasteiger partial charge in [-0.2, -0.15) is 5.21 Å². The van der Waals surface area contributed by atoms with E-state index in [9.17, 15) is 4.79 Å². The van der Waals surface area contributed by atoms with E-state index in [0.717, 1.165) is 0 Å². The standard InChI is InChI=1S/C5H4N6O2/c12-4(3-1-6-13-2-3)7-5-8-10-11-9-5/h1-2H,(H2,7,8,9,10,11,12). The van der Waals surface area contributed by atoms with E-state index in [-0.39, 0.29) is 5.95 Å². The molecule has 2 aromatic rings. The lowest BCUT2D eigenvalue weighted by Gasteiger charge is -1.93. The Morgan fingerprint density at radius 3 is 3.15 bits per heavy atom. The number of hydrogen-bond donors (Lipinski definition) is 2. The monoisotopic (exact) mass is 180 g/mol. The van der Waals surface area contributed by atoms with Gasteiger partial charge in [0.05, 0.1) is 11.8 Å². The number of aromatic amines is 1. The van der Waals surface area contributed by atoms with Crippen LogP contribution in [-0.4, -0.2) is 31.7 Å². The Morgan fingerprint density at radius 2 is 2.54 bits per heavy atom. The summed E-state index contributed by atoms with van der Waals surface area (Å²) in [5.74, 6) is -0.297. The Hall–Kier alpha value is -2.25. The normalized spacial score (nSPS) is 9.85. The van der Waals surface area contributed by atoms with Crippen molar-refractivity contribution in [3.63, 3.8) is 0 Å². The van der Waals surface area contributed by atoms with Crippen molar-refractivity contribution in [2.75, 3.05) is 5.32 Å². The highest BCUT2D eigenvalue weighted by Gasteiger charge is 2.09. The van der Waals surface area contributed by atoms with Crippen LogP contribution in [0.1, 0.15) is 10.4 Å². The molecule has 2 heterocycles. The van der Waals surface area contributed by atoms with E-state index in [2.05, 4.69) is 35.6 Å². The van der Waals surface area contributed by atoms with Crippen molar-refractivity contribution >= 4 is 11.9 Å². The molecule has 8 nitrogen and oxygen atoms in total. The molecule has 2 N–H and O–H groups in total. The fraction of sp³-hybridized carbons (Fsp3) is 0. The maximum Gasteiger partial charge on any atom is 0.270 e. The molecule has 0 atom stereocenters. The maximum absolute atomic E-state index is 11.2. The molecule has 0 saturated heterocycles. The van der Waals surface area contributed by atoms with Gasteiger partial charge in [-0.05, 0) is 5.21 Å². The van der Waals surface area contributed by atoms with Gasteiger partial charge in [0.2, 0.25) is 0 Å². The minimum Gasteiger partial charge on any atom is -0.364 e. The van der Waals surface area contributed by atoms with Gasteiger partial charge >= 0.3 is 0 Å². The van der Waals surface area contributed by atoms with Crippen molar-refractivity contribution in [2.45, 2.75) is 0 Å². The summed E-state index contributed by atoms with van der Waals surface area (Å²) in [6.45, 7) is 0. The molecule has 8 heteroatoms. The van der Waals surface area contributed by atoms with E-state index in [1.807, 2.05) is 0 Å². The Labute approximate surface area is 71.3 Å². The van der Waals surface area contributed by atoms with Crippen LogP contribution in [0.3, 0.4) is 0 Å². The predicted octanol–water partition coefficient (Wildman–Crippen LogP) is -0.560. The van der Waals surface area contributed by atoms with E-state index in [4.69, 9.17) is 0 Å². The summed E-state index contributed by atoms with van der Waals surface area (Å²) in [5.41, 5.74) is 0.296. The molecule has 0 bridgehead atoms. The Balaban J connectivity index is 2.08. The van der Waals surface area contributed by atoms with Crippen LogP contribution in [0.4, 0.5) is 5.95 Å². The van der Waals surface area contributed by atoms with Gasteiger partial charge < -0.3 is 4.52 Å². The Bertz CT molecular complexity index is 379. The third kappa shape index (κ3) is 1.50. The molecule has 0 radical (unpaired) electrons. The summed E-state index contributed by atoms with van der Waals surface area (Å²) in [4.78, 5) is 11.2. The fourth-order valence-electron chi connectivity index (χ4n) is 0.705. The molecular formula is C5H4N6O2. The lowest BCUT2D eigenvalue weighted by Crippen LogP contribution is -2.12. The van der Waals surface area contributed by atoms with Crippen LogP contribution in [0.5, 0.6) is 0 Å². The lowest BCUT2D eigenvalue weighted by atomic mass is 10.3. The maximum atomic E-state index is 11.2. The van der Waals surface area contributed by atoms with Gasteiger partial charge in [-0.3, -0.25) is 10.1 Å². The first-order chi connectivity index (χ1) is 6.36. The first-order valence-electron chi connectivity index (χ1n) is 3.30. The molecule has 0 aliphatic heterocycles. The van der Waals surface area contributed by atoms with E-state index < -0.39 is 5.91 Å². The zero-order valence-electron chi connectivity index (χ0n) is 6.26. The second-order valence-electron chi connectivity index (χ2n) is 2.10. The number of tetrazole rings is 1. The highest BCUT2D eigenvalue weighted by molar-refractivity contribution is 6.02. The molecule has 13 heavy (non-hydrogen) atoms. The number of nitrogens with zero attached hydrogens (tertiary/aromatic N) is 4. The van der Waals surface area contributed by atoms with Crippen LogP contribution >= 0.6 is 0 Å². The quantitative estimate of drug-likeness (QED) is 0.640. The molecular weight excluding hydrogens is 176 g/mol. The third-order valence-electron chi connectivity index (χ3n) is 1.27. The summed E-state index contributed by atoms with van der Waals surface area (Å²) in [6.07, 6.45) is 2.50. The van der Waals surface area contributed by atoms with Gasteiger partial charge in [0.1, 0.15) is 6.26 Å². The molecule has 2 rings (SSSR count). The zero-order chi connectivity index (χ0) is 9.10. The molecule has 0 spiro atoms. The highest BCUT2D eigenvalue weighted by Crippen LogP contribution is 2.00. The number of anilines is 1. The first kappa shape index (κ1) is 7.40. The number of hydrogen-bond acceptors (Lipinski definition) is 6. The van der Waals surface area contributed by atoms with Crippen molar-refractivity contribution in [1.82, 2.24) is 25.8 Å². The Kier molecular flexibility index (Phi) is 1.71. The Morgan fingerprint density at radius 1 is 1.62 bits per heavy atom. The number of carbonyl (C=O) groups excluding carboxylic acids is 1. The molecule has 66 valence electrons. The summed E-state index contributed by atoms with van der Waals surface area (Å²) in [6, 6.07) is 0. The molecule has 1 amide bonds. The van der Waals surface area contributed by atoms with Crippen LogP contribution < -0.4 is 5.32 Å². The molecule has 0 aromatic carbocycles. The average molecular weight is 180 g/mol. The molecule has 0 unspecified atom stereocenters. The second kappa shape index (κ2) is 3.01. The van der Waals surface area contributed by atoms with Gasteiger partial charge in [-0.25, -0.2) is 0 Å². The molecule has 0 aliphatic carbocycles. The van der Waals surface area contributed by atoms with Crippen LogP contribution in [0.15, 0.2) is 17.0 Å². The van der Waals surface area contributed by atoms with Gasteiger partial charge in [-0.15, -0.1) is 5.10 Å². The van der Waals surface area contributed by atoms with E-state index >= 15 is 0 Å². The molecule has 0 saturated carbocycles. The minimum atomic E-state index is -0.400. The molecule has 2 aromatic heterocycles. The summed E-state index contributed by atoms with van der Waals surface area (Å²) < 4.78 is 4.48. The summed E-state index contributed by atoms with van der Waals surface area (Å²) in [5, 5.41) is 18.3. The number of rotatable bonds is 2. The number of carbonyl (C=O) groups is 1. The van der Waals surface area contributed by atoms with Crippen molar-refractivity contribution in [3.05, 3.63) is 18.0 Å². The zero-order valence-corrected chi connectivity index (χ0v) is 6.26. The van der Waals surface area contributed by atoms with Crippen LogP contribution in [0.2, 0.25) is 0 Å². The van der Waals surface area contributed by atoms with Crippen LogP contribution in [0.25, 0.3) is 0 Å². The van der Waals surface area contributed by atoms with Gasteiger partial charge in [0, 0.05) is 0 Å².